The lowest BCUT2D eigenvalue weighted by Crippen LogP contribution is -2.31. The maximum Gasteiger partial charge on any atom is 0.459 e. The van der Waals surface area contributed by atoms with Crippen LogP contribution in [0.2, 0.25) is 0 Å². The van der Waals surface area contributed by atoms with Gasteiger partial charge in [0.1, 0.15) is 5.51 Å². The van der Waals surface area contributed by atoms with Gasteiger partial charge in [-0.15, -0.1) is 5.10 Å². The topological polar surface area (TPSA) is 82.9 Å². The van der Waals surface area contributed by atoms with Crippen LogP contribution in [-0.4, -0.2) is 19.8 Å². The third-order valence-electron chi connectivity index (χ3n) is 1.08. The molecule has 0 saturated carbocycles. The Hall–Kier alpha value is -1.70. The lowest BCUT2D eigenvalue weighted by Gasteiger charge is -1.90. The molecule has 1 radical (unpaired) electrons. The van der Waals surface area contributed by atoms with Crippen molar-refractivity contribution in [1.82, 2.24) is 19.8 Å². The molecule has 2 aromatic heterocycles. The van der Waals surface area contributed by atoms with E-state index in [9.17, 15) is 9.59 Å². The minimum absolute atomic E-state index is 0.417. The molecule has 0 atom stereocenters. The summed E-state index contributed by atoms with van der Waals surface area (Å²) in [6, 6.07) is 0. The average molecular weight is 185 g/mol. The van der Waals surface area contributed by atoms with Crippen molar-refractivity contribution in [2.45, 2.75) is 0 Å². The van der Waals surface area contributed by atoms with Gasteiger partial charge in [-0.2, -0.15) is 0 Å². The highest BCUT2D eigenvalue weighted by Gasteiger charge is 2.06. The van der Waals surface area contributed by atoms with Gasteiger partial charge in [-0.25, -0.2) is 4.79 Å². The first kappa shape index (κ1) is 6.98. The van der Waals surface area contributed by atoms with Gasteiger partial charge in [-0.05, 0) is 0 Å². The Balaban J connectivity index is 2.74. The highest BCUT2D eigenvalue weighted by Crippen LogP contribution is 1.80. The molecule has 2 aromatic rings. The van der Waals surface area contributed by atoms with E-state index in [-0.39, 0.29) is 0 Å². The summed E-state index contributed by atoms with van der Waals surface area (Å²) in [5, 5.41) is 6.90. The molecule has 0 aliphatic rings. The molecule has 0 aliphatic heterocycles. The number of hydrogen-bond acceptors (Lipinski definition) is 6. The van der Waals surface area contributed by atoms with Crippen LogP contribution in [0.25, 0.3) is 0 Å². The number of nitrogens with zero attached hydrogens (tertiary/aromatic N) is 4. The van der Waals surface area contributed by atoms with Crippen molar-refractivity contribution in [2.24, 2.45) is 0 Å². The van der Waals surface area contributed by atoms with Crippen molar-refractivity contribution in [2.75, 3.05) is 0 Å². The molecular weight excluding hydrogens is 184 g/mol. The third-order valence-corrected chi connectivity index (χ3v) is 1.65. The number of rotatable bonds is 1. The van der Waals surface area contributed by atoms with Gasteiger partial charge in [0.25, 0.3) is 0 Å². The first-order chi connectivity index (χ1) is 5.79. The van der Waals surface area contributed by atoms with Crippen LogP contribution < -0.4 is 10.6 Å². The van der Waals surface area contributed by atoms with E-state index in [1.165, 1.54) is 5.51 Å². The highest BCUT2D eigenvalue weighted by molar-refractivity contribution is 7.06. The first-order valence-corrected chi connectivity index (χ1v) is 3.66. The Bertz CT molecular complexity index is 444. The summed E-state index contributed by atoms with van der Waals surface area (Å²) in [4.78, 5) is 22.8. The van der Waals surface area contributed by atoms with Crippen LogP contribution in [0, 0.1) is 6.39 Å². The van der Waals surface area contributed by atoms with Crippen molar-refractivity contribution in [3.8, 4) is 0 Å². The third kappa shape index (κ3) is 0.889. The molecular formula is C4HN4O3S. The van der Waals surface area contributed by atoms with Crippen molar-refractivity contribution < 1.29 is 4.42 Å². The zero-order valence-electron chi connectivity index (χ0n) is 5.50. The molecule has 2 heterocycles. The monoisotopic (exact) mass is 185 g/mol. The Morgan fingerprint density at radius 1 is 1.50 bits per heavy atom. The van der Waals surface area contributed by atoms with E-state index in [1.807, 2.05) is 6.39 Å². The van der Waals surface area contributed by atoms with Crippen LogP contribution in [0.5, 0.6) is 0 Å². The van der Waals surface area contributed by atoms with Gasteiger partial charge in [-0.3, -0.25) is 4.79 Å². The molecule has 2 rings (SSSR count). The lowest BCUT2D eigenvalue weighted by molar-refractivity contribution is 0.424. The highest BCUT2D eigenvalue weighted by atomic mass is 32.1. The zero-order chi connectivity index (χ0) is 8.55. The second-order valence-electron chi connectivity index (χ2n) is 1.74. The molecule has 0 bridgehead atoms. The molecule has 0 fully saturated rings. The summed E-state index contributed by atoms with van der Waals surface area (Å²) in [5.74, 6) is -0.803. The van der Waals surface area contributed by atoms with E-state index in [2.05, 4.69) is 14.6 Å². The average Bonchev–Trinajstić information content (AvgIpc) is 2.59. The summed E-state index contributed by atoms with van der Waals surface area (Å²) >= 11 is 0.852. The van der Waals surface area contributed by atoms with Crippen LogP contribution in [-0.2, 0) is 0 Å². The van der Waals surface area contributed by atoms with Gasteiger partial charge < -0.3 is 4.42 Å². The van der Waals surface area contributed by atoms with E-state index in [0.29, 0.717) is 4.79 Å². The molecule has 12 heavy (non-hydrogen) atoms. The van der Waals surface area contributed by atoms with Gasteiger partial charge in [0, 0.05) is 0 Å². The van der Waals surface area contributed by atoms with Crippen molar-refractivity contribution in [3.63, 3.8) is 0 Å². The van der Waals surface area contributed by atoms with E-state index in [0.717, 1.165) is 16.1 Å². The quantitative estimate of drug-likeness (QED) is 0.543. The number of aromatic nitrogens is 4. The maximum atomic E-state index is 10.9. The number of hydrogen-bond donors (Lipinski definition) is 0. The SMILES string of the molecule is O=c1o[c]nn1-n1ncsc1=O. The second-order valence-corrected chi connectivity index (χ2v) is 2.54. The predicted molar refractivity (Wildman–Crippen MR) is 36.8 cm³/mol. The van der Waals surface area contributed by atoms with Crippen LogP contribution in [0.4, 0.5) is 0 Å². The van der Waals surface area contributed by atoms with Gasteiger partial charge >= 0.3 is 17.0 Å². The summed E-state index contributed by atoms with van der Waals surface area (Å²) in [5.41, 5.74) is 1.30. The Morgan fingerprint density at radius 2 is 2.33 bits per heavy atom. The standard InChI is InChI=1S/C4HN4O3S/c9-3-7(5-1-11-3)8-4(10)12-2-6-8/h2H. The fourth-order valence-electron chi connectivity index (χ4n) is 0.633. The van der Waals surface area contributed by atoms with E-state index >= 15 is 0 Å². The molecule has 61 valence electrons. The van der Waals surface area contributed by atoms with Gasteiger partial charge in [0.05, 0.1) is 0 Å². The van der Waals surface area contributed by atoms with Crippen molar-refractivity contribution in [3.05, 3.63) is 32.1 Å². The molecule has 0 N–H and O–H groups in total. The normalized spacial score (nSPS) is 10.3. The Kier molecular flexibility index (Phi) is 1.40. The minimum Gasteiger partial charge on any atom is -0.381 e. The van der Waals surface area contributed by atoms with Crippen LogP contribution in [0.15, 0.2) is 19.5 Å². The molecule has 0 aliphatic carbocycles. The fraction of sp³-hybridized carbons (Fsp3) is 0. The van der Waals surface area contributed by atoms with E-state index in [1.54, 1.807) is 0 Å². The van der Waals surface area contributed by atoms with Gasteiger partial charge in [0.2, 0.25) is 0 Å². The largest absolute Gasteiger partial charge is 0.459 e. The van der Waals surface area contributed by atoms with E-state index < -0.39 is 10.6 Å². The summed E-state index contributed by atoms with van der Waals surface area (Å²) in [7, 11) is 0. The molecule has 0 spiro atoms. The lowest BCUT2D eigenvalue weighted by atomic mass is 11.3. The fourth-order valence-corrected chi connectivity index (χ4v) is 1.08. The van der Waals surface area contributed by atoms with Crippen molar-refractivity contribution in [1.29, 1.82) is 0 Å². The maximum absolute atomic E-state index is 10.9. The molecule has 0 unspecified atom stereocenters. The smallest absolute Gasteiger partial charge is 0.381 e. The molecule has 0 saturated heterocycles. The summed E-state index contributed by atoms with van der Waals surface area (Å²) in [6.45, 7) is 0. The zero-order valence-corrected chi connectivity index (χ0v) is 6.32. The van der Waals surface area contributed by atoms with Crippen LogP contribution >= 0.6 is 11.3 Å². The second kappa shape index (κ2) is 2.41. The molecule has 7 nitrogen and oxygen atoms in total. The van der Waals surface area contributed by atoms with Gasteiger partial charge in [-0.1, -0.05) is 26.0 Å². The molecule has 0 aromatic carbocycles. The summed E-state index contributed by atoms with van der Waals surface area (Å²) < 4.78 is 4.22. The molecule has 8 heteroatoms. The van der Waals surface area contributed by atoms with Crippen LogP contribution in [0.3, 0.4) is 0 Å². The Morgan fingerprint density at radius 3 is 2.83 bits per heavy atom. The van der Waals surface area contributed by atoms with Crippen molar-refractivity contribution >= 4 is 11.3 Å². The van der Waals surface area contributed by atoms with Gasteiger partial charge in [0.15, 0.2) is 0 Å². The van der Waals surface area contributed by atoms with Crippen LogP contribution in [0.1, 0.15) is 0 Å². The van der Waals surface area contributed by atoms with E-state index in [4.69, 9.17) is 0 Å². The minimum atomic E-state index is -0.803. The Labute approximate surface area is 68.5 Å². The summed E-state index contributed by atoms with van der Waals surface area (Å²) in [6.07, 6.45) is 1.94. The predicted octanol–water partition coefficient (Wildman–Crippen LogP) is -1.43. The molecule has 0 amide bonds. The first-order valence-electron chi connectivity index (χ1n) is 2.79.